The summed E-state index contributed by atoms with van der Waals surface area (Å²) < 4.78 is 0. The van der Waals surface area contributed by atoms with Gasteiger partial charge in [0.25, 0.3) is 0 Å². The minimum Gasteiger partial charge on any atom is -0.370 e. The number of hydrogen-bond acceptors (Lipinski definition) is 3. The lowest BCUT2D eigenvalue weighted by Crippen LogP contribution is -2.21. The molecule has 0 radical (unpaired) electrons. The minimum absolute atomic E-state index is 0.0689. The van der Waals surface area contributed by atoms with Crippen LogP contribution in [0.5, 0.6) is 0 Å². The Morgan fingerprint density at radius 2 is 2.29 bits per heavy atom. The number of thiazole rings is 1. The molecule has 78 valence electrons. The summed E-state index contributed by atoms with van der Waals surface area (Å²) in [7, 11) is 0. The van der Waals surface area contributed by atoms with Gasteiger partial charge in [0.15, 0.2) is 5.96 Å². The number of guanidine groups is 1. The molecule has 14 heavy (non-hydrogen) atoms. The van der Waals surface area contributed by atoms with Gasteiger partial charge >= 0.3 is 0 Å². The van der Waals surface area contributed by atoms with Crippen molar-refractivity contribution < 1.29 is 0 Å². The second-order valence-electron chi connectivity index (χ2n) is 3.12. The molecule has 0 saturated heterocycles. The first-order chi connectivity index (χ1) is 6.72. The minimum atomic E-state index is 0.0689. The van der Waals surface area contributed by atoms with Crippen LogP contribution in [0.25, 0.3) is 0 Å². The van der Waals surface area contributed by atoms with Crippen molar-refractivity contribution in [2.75, 3.05) is 0 Å². The third-order valence-corrected chi connectivity index (χ3v) is 2.58. The molecule has 5 heteroatoms. The molecular formula is C9H16N4S. The maximum absolute atomic E-state index is 5.25. The molecule has 1 rings (SSSR count). The van der Waals surface area contributed by atoms with Gasteiger partial charge in [-0.1, -0.05) is 19.8 Å². The zero-order chi connectivity index (χ0) is 10.4. The van der Waals surface area contributed by atoms with Crippen LogP contribution >= 0.6 is 11.3 Å². The third-order valence-electron chi connectivity index (χ3n) is 1.80. The normalized spacial score (nSPS) is 10.1. The quantitative estimate of drug-likeness (QED) is 0.443. The van der Waals surface area contributed by atoms with Crippen molar-refractivity contribution >= 4 is 22.4 Å². The number of hydrogen-bond donors (Lipinski definition) is 2. The average Bonchev–Trinajstić information content (AvgIpc) is 2.52. The molecule has 0 aliphatic carbocycles. The van der Waals surface area contributed by atoms with Crippen molar-refractivity contribution in [2.24, 2.45) is 16.5 Å². The number of unbranched alkanes of at least 4 members (excludes halogenated alkanes) is 2. The lowest BCUT2D eigenvalue weighted by Gasteiger charge is -1.93. The van der Waals surface area contributed by atoms with E-state index in [1.807, 2.05) is 5.38 Å². The molecule has 0 bridgehead atoms. The second-order valence-corrected chi connectivity index (χ2v) is 3.95. The van der Waals surface area contributed by atoms with Crippen LogP contribution in [0.15, 0.2) is 10.4 Å². The smallest absolute Gasteiger partial charge is 0.212 e. The van der Waals surface area contributed by atoms with Gasteiger partial charge in [0.1, 0.15) is 0 Å². The predicted molar refractivity (Wildman–Crippen MR) is 60.8 cm³/mol. The van der Waals surface area contributed by atoms with Crippen LogP contribution in [0.3, 0.4) is 0 Å². The molecule has 0 atom stereocenters. The van der Waals surface area contributed by atoms with E-state index in [0.29, 0.717) is 5.13 Å². The average molecular weight is 212 g/mol. The third kappa shape index (κ3) is 3.74. The summed E-state index contributed by atoms with van der Waals surface area (Å²) in [6.07, 6.45) is 4.67. The van der Waals surface area contributed by atoms with Gasteiger partial charge in [-0.3, -0.25) is 0 Å². The van der Waals surface area contributed by atoms with Crippen LogP contribution in [-0.4, -0.2) is 10.9 Å². The van der Waals surface area contributed by atoms with Gasteiger partial charge in [0.05, 0.1) is 5.69 Å². The van der Waals surface area contributed by atoms with Gasteiger partial charge in [-0.2, -0.15) is 4.99 Å². The molecule has 0 aliphatic rings. The van der Waals surface area contributed by atoms with Crippen LogP contribution < -0.4 is 11.5 Å². The van der Waals surface area contributed by atoms with Crippen molar-refractivity contribution in [2.45, 2.75) is 32.6 Å². The number of rotatable bonds is 5. The molecule has 0 fully saturated rings. The van der Waals surface area contributed by atoms with E-state index in [0.717, 1.165) is 12.1 Å². The molecule has 0 unspecified atom stereocenters. The number of nitrogens with zero attached hydrogens (tertiary/aromatic N) is 2. The van der Waals surface area contributed by atoms with Crippen LogP contribution in [0, 0.1) is 0 Å². The van der Waals surface area contributed by atoms with Gasteiger partial charge in [-0.25, -0.2) is 4.98 Å². The highest BCUT2D eigenvalue weighted by Gasteiger charge is 2.00. The van der Waals surface area contributed by atoms with E-state index in [4.69, 9.17) is 11.5 Å². The van der Waals surface area contributed by atoms with Crippen molar-refractivity contribution in [1.29, 1.82) is 0 Å². The summed E-state index contributed by atoms with van der Waals surface area (Å²) in [5.74, 6) is 0.0689. The summed E-state index contributed by atoms with van der Waals surface area (Å²) >= 11 is 1.48. The first-order valence-electron chi connectivity index (χ1n) is 4.76. The predicted octanol–water partition coefficient (Wildman–Crippen LogP) is 1.78. The fourth-order valence-corrected chi connectivity index (χ4v) is 1.87. The van der Waals surface area contributed by atoms with E-state index in [-0.39, 0.29) is 5.96 Å². The highest BCUT2D eigenvalue weighted by molar-refractivity contribution is 7.13. The van der Waals surface area contributed by atoms with E-state index in [9.17, 15) is 0 Å². The van der Waals surface area contributed by atoms with E-state index >= 15 is 0 Å². The maximum Gasteiger partial charge on any atom is 0.212 e. The zero-order valence-electron chi connectivity index (χ0n) is 8.36. The molecular weight excluding hydrogens is 196 g/mol. The van der Waals surface area contributed by atoms with Crippen molar-refractivity contribution in [1.82, 2.24) is 4.98 Å². The molecule has 4 nitrogen and oxygen atoms in total. The first-order valence-corrected chi connectivity index (χ1v) is 5.64. The van der Waals surface area contributed by atoms with Crippen LogP contribution in [-0.2, 0) is 6.42 Å². The van der Waals surface area contributed by atoms with Crippen LogP contribution in [0.1, 0.15) is 31.9 Å². The van der Waals surface area contributed by atoms with Gasteiger partial charge in [-0.15, -0.1) is 11.3 Å². The standard InChI is InChI=1S/C9H16N4S/c1-2-3-4-5-7-6-14-9(12-7)13-8(10)11/h6H,2-5H2,1H3,(H4,10,11,12,13). The Hall–Kier alpha value is -1.10. The van der Waals surface area contributed by atoms with Gasteiger partial charge < -0.3 is 11.5 Å². The van der Waals surface area contributed by atoms with Gasteiger partial charge in [0.2, 0.25) is 5.13 Å². The number of aryl methyl sites for hydroxylation is 1. The Kier molecular flexibility index (Phi) is 4.39. The maximum atomic E-state index is 5.25. The Morgan fingerprint density at radius 3 is 2.93 bits per heavy atom. The van der Waals surface area contributed by atoms with Crippen molar-refractivity contribution in [3.05, 3.63) is 11.1 Å². The van der Waals surface area contributed by atoms with Gasteiger partial charge in [-0.05, 0) is 12.8 Å². The number of nitrogens with two attached hydrogens (primary N) is 2. The molecule has 0 aromatic carbocycles. The Morgan fingerprint density at radius 1 is 1.50 bits per heavy atom. The molecule has 0 spiro atoms. The lowest BCUT2D eigenvalue weighted by atomic mass is 10.2. The highest BCUT2D eigenvalue weighted by Crippen LogP contribution is 2.19. The summed E-state index contributed by atoms with van der Waals surface area (Å²) in [6, 6.07) is 0. The monoisotopic (exact) mass is 212 g/mol. The SMILES string of the molecule is CCCCCc1csc(N=C(N)N)n1. The summed E-state index contributed by atoms with van der Waals surface area (Å²) in [4.78, 5) is 8.18. The highest BCUT2D eigenvalue weighted by atomic mass is 32.1. The van der Waals surface area contributed by atoms with Crippen molar-refractivity contribution in [3.63, 3.8) is 0 Å². The van der Waals surface area contributed by atoms with E-state index in [2.05, 4.69) is 16.9 Å². The largest absolute Gasteiger partial charge is 0.370 e. The molecule has 1 aromatic heterocycles. The van der Waals surface area contributed by atoms with Gasteiger partial charge in [0, 0.05) is 5.38 Å². The first kappa shape index (κ1) is 11.0. The number of aromatic nitrogens is 1. The number of aliphatic imine (C=N–C) groups is 1. The Labute approximate surface area is 88.1 Å². The Balaban J connectivity index is 2.47. The summed E-state index contributed by atoms with van der Waals surface area (Å²) in [5.41, 5.74) is 11.6. The molecule has 1 heterocycles. The lowest BCUT2D eigenvalue weighted by molar-refractivity contribution is 0.710. The zero-order valence-corrected chi connectivity index (χ0v) is 9.18. The Bertz CT molecular complexity index is 302. The van der Waals surface area contributed by atoms with Crippen molar-refractivity contribution in [3.8, 4) is 0 Å². The van der Waals surface area contributed by atoms with E-state index in [1.54, 1.807) is 0 Å². The summed E-state index contributed by atoms with van der Waals surface area (Å²) in [6.45, 7) is 2.19. The molecule has 1 aromatic rings. The second kappa shape index (κ2) is 5.59. The molecule has 0 aliphatic heterocycles. The van der Waals surface area contributed by atoms with Crippen LogP contribution in [0.2, 0.25) is 0 Å². The van der Waals surface area contributed by atoms with Crippen LogP contribution in [0.4, 0.5) is 5.13 Å². The topological polar surface area (TPSA) is 77.3 Å². The summed E-state index contributed by atoms with van der Waals surface area (Å²) in [5, 5.41) is 2.66. The molecule has 4 N–H and O–H groups in total. The molecule has 0 saturated carbocycles. The fourth-order valence-electron chi connectivity index (χ4n) is 1.13. The fraction of sp³-hybridized carbons (Fsp3) is 0.556. The van der Waals surface area contributed by atoms with E-state index in [1.165, 1.54) is 30.6 Å². The van der Waals surface area contributed by atoms with E-state index < -0.39 is 0 Å². The molecule has 0 amide bonds.